The number of benzene rings is 1. The third-order valence-electron chi connectivity index (χ3n) is 4.70. The molecule has 0 aliphatic carbocycles. The molecule has 1 aliphatic heterocycles. The van der Waals surface area contributed by atoms with E-state index in [0.717, 1.165) is 43.9 Å². The Morgan fingerprint density at radius 1 is 1.15 bits per heavy atom. The van der Waals surface area contributed by atoms with Crippen LogP contribution in [0.1, 0.15) is 55.8 Å². The van der Waals surface area contributed by atoms with E-state index in [4.69, 9.17) is 0 Å². The molecule has 2 aromatic rings. The lowest BCUT2D eigenvalue weighted by Crippen LogP contribution is -2.35. The van der Waals surface area contributed by atoms with E-state index in [2.05, 4.69) is 54.7 Å². The Morgan fingerprint density at radius 3 is 2.54 bits per heavy atom. The molecule has 26 heavy (non-hydrogen) atoms. The van der Waals surface area contributed by atoms with Crippen molar-refractivity contribution in [1.82, 2.24) is 15.1 Å². The van der Waals surface area contributed by atoms with E-state index >= 15 is 0 Å². The number of carbonyl (C=O) groups excluding carboxylic acids is 1. The fourth-order valence-corrected chi connectivity index (χ4v) is 3.39. The Bertz CT molecular complexity index is 724. The number of carbonyl (C=O) groups is 1. The summed E-state index contributed by atoms with van der Waals surface area (Å²) in [6, 6.07) is 8.33. The van der Waals surface area contributed by atoms with Gasteiger partial charge in [-0.15, -0.1) is 12.4 Å². The van der Waals surface area contributed by atoms with Crippen LogP contribution in [0.4, 0.5) is 5.69 Å². The van der Waals surface area contributed by atoms with Crippen molar-refractivity contribution in [3.8, 4) is 0 Å². The van der Waals surface area contributed by atoms with Crippen molar-refractivity contribution < 1.29 is 4.79 Å². The molecule has 1 saturated heterocycles. The number of hydrogen-bond acceptors (Lipinski definition) is 3. The lowest BCUT2D eigenvalue weighted by atomic mass is 10.1. The maximum absolute atomic E-state index is 12.0. The van der Waals surface area contributed by atoms with Gasteiger partial charge in [-0.3, -0.25) is 9.48 Å². The van der Waals surface area contributed by atoms with Gasteiger partial charge in [0.1, 0.15) is 0 Å². The van der Waals surface area contributed by atoms with E-state index in [9.17, 15) is 4.79 Å². The van der Waals surface area contributed by atoms with Crippen molar-refractivity contribution in [2.24, 2.45) is 7.05 Å². The number of hydrogen-bond donors (Lipinski definition) is 1. The average molecular weight is 377 g/mol. The van der Waals surface area contributed by atoms with Gasteiger partial charge in [0.15, 0.2) is 0 Å². The van der Waals surface area contributed by atoms with Gasteiger partial charge < -0.3 is 10.2 Å². The highest BCUT2D eigenvalue weighted by atomic mass is 35.5. The number of piperidine rings is 1. The number of nitrogens with one attached hydrogen (secondary N) is 1. The minimum atomic E-state index is 0. The molecule has 0 bridgehead atoms. The molecule has 5 nitrogen and oxygen atoms in total. The fourth-order valence-electron chi connectivity index (χ4n) is 3.39. The van der Waals surface area contributed by atoms with Crippen LogP contribution in [0.3, 0.4) is 0 Å². The van der Waals surface area contributed by atoms with Crippen molar-refractivity contribution in [1.29, 1.82) is 0 Å². The minimum absolute atomic E-state index is 0. The Morgan fingerprint density at radius 2 is 1.88 bits per heavy atom. The van der Waals surface area contributed by atoms with Crippen LogP contribution >= 0.6 is 12.4 Å². The maximum atomic E-state index is 12.0. The topological polar surface area (TPSA) is 50.2 Å². The van der Waals surface area contributed by atoms with Gasteiger partial charge >= 0.3 is 0 Å². The smallest absolute Gasteiger partial charge is 0.226 e. The number of anilines is 1. The summed E-state index contributed by atoms with van der Waals surface area (Å²) in [5.74, 6) is 0.675. The second-order valence-corrected chi connectivity index (χ2v) is 7.14. The molecule has 0 spiro atoms. The van der Waals surface area contributed by atoms with Crippen LogP contribution in [-0.2, 0) is 24.9 Å². The molecule has 0 saturated carbocycles. The number of halogens is 1. The SMILES string of the molecule is CC(C)c1nn(C)cc1CNCc1ccc(N2CCCCC2=O)cc1.Cl. The summed E-state index contributed by atoms with van der Waals surface area (Å²) >= 11 is 0. The van der Waals surface area contributed by atoms with Gasteiger partial charge in [0, 0.05) is 50.6 Å². The van der Waals surface area contributed by atoms with E-state index < -0.39 is 0 Å². The van der Waals surface area contributed by atoms with Crippen LogP contribution in [0.2, 0.25) is 0 Å². The quantitative estimate of drug-likeness (QED) is 0.834. The lowest BCUT2D eigenvalue weighted by molar-refractivity contribution is -0.119. The van der Waals surface area contributed by atoms with Gasteiger partial charge in [0.25, 0.3) is 0 Å². The van der Waals surface area contributed by atoms with Gasteiger partial charge in [-0.2, -0.15) is 5.10 Å². The van der Waals surface area contributed by atoms with Gasteiger partial charge in [0.05, 0.1) is 5.69 Å². The summed E-state index contributed by atoms with van der Waals surface area (Å²) in [6.07, 6.45) is 4.88. The van der Waals surface area contributed by atoms with Crippen molar-refractivity contribution in [3.63, 3.8) is 0 Å². The Kier molecular flexibility index (Phi) is 7.23. The molecule has 142 valence electrons. The number of rotatable bonds is 6. The summed E-state index contributed by atoms with van der Waals surface area (Å²) in [6.45, 7) is 6.81. The highest BCUT2D eigenvalue weighted by Gasteiger charge is 2.19. The molecule has 0 radical (unpaired) electrons. The molecular formula is C20H29ClN4O. The van der Waals surface area contributed by atoms with Gasteiger partial charge in [0.2, 0.25) is 5.91 Å². The number of aryl methyl sites for hydroxylation is 1. The first kappa shape index (κ1) is 20.5. The summed E-state index contributed by atoms with van der Waals surface area (Å²) < 4.78 is 1.89. The predicted molar refractivity (Wildman–Crippen MR) is 108 cm³/mol. The summed E-state index contributed by atoms with van der Waals surface area (Å²) in [7, 11) is 1.97. The van der Waals surface area contributed by atoms with Crippen molar-refractivity contribution in [2.45, 2.75) is 52.1 Å². The number of aromatic nitrogens is 2. The summed E-state index contributed by atoms with van der Waals surface area (Å²) in [4.78, 5) is 13.9. The third kappa shape index (κ3) is 4.86. The van der Waals surface area contributed by atoms with Crippen molar-refractivity contribution in [2.75, 3.05) is 11.4 Å². The Hall–Kier alpha value is -1.85. The van der Waals surface area contributed by atoms with Crippen LogP contribution in [-0.4, -0.2) is 22.2 Å². The standard InChI is InChI=1S/C20H28N4O.ClH/c1-15(2)20-17(14-23(3)22-20)13-21-12-16-7-9-18(10-8-16)24-11-5-4-6-19(24)25;/h7-10,14-15,21H,4-6,11-13H2,1-3H3;1H. The third-order valence-corrected chi connectivity index (χ3v) is 4.70. The van der Waals surface area contributed by atoms with Gasteiger partial charge in [-0.1, -0.05) is 26.0 Å². The zero-order valence-electron chi connectivity index (χ0n) is 15.9. The molecule has 1 aliphatic rings. The molecule has 3 rings (SSSR count). The molecule has 1 fully saturated rings. The Balaban J connectivity index is 0.00000243. The molecule has 1 aromatic heterocycles. The van der Waals surface area contributed by atoms with Crippen LogP contribution < -0.4 is 10.2 Å². The van der Waals surface area contributed by atoms with E-state index in [1.54, 1.807) is 0 Å². The van der Waals surface area contributed by atoms with Crippen LogP contribution in [0.5, 0.6) is 0 Å². The van der Waals surface area contributed by atoms with E-state index in [1.165, 1.54) is 11.1 Å². The second kappa shape index (κ2) is 9.19. The normalized spacial score (nSPS) is 14.6. The fraction of sp³-hybridized carbons (Fsp3) is 0.500. The largest absolute Gasteiger partial charge is 0.312 e. The zero-order valence-corrected chi connectivity index (χ0v) is 16.7. The monoisotopic (exact) mass is 376 g/mol. The Labute approximate surface area is 162 Å². The predicted octanol–water partition coefficient (Wildman–Crippen LogP) is 3.77. The van der Waals surface area contributed by atoms with Gasteiger partial charge in [-0.25, -0.2) is 0 Å². The zero-order chi connectivity index (χ0) is 17.8. The molecule has 1 aromatic carbocycles. The number of nitrogens with zero attached hydrogens (tertiary/aromatic N) is 3. The summed E-state index contributed by atoms with van der Waals surface area (Å²) in [5.41, 5.74) is 4.66. The first-order valence-electron chi connectivity index (χ1n) is 9.17. The second-order valence-electron chi connectivity index (χ2n) is 7.14. The lowest BCUT2D eigenvalue weighted by Gasteiger charge is -2.26. The van der Waals surface area contributed by atoms with E-state index in [0.29, 0.717) is 12.3 Å². The molecule has 0 unspecified atom stereocenters. The van der Waals surface area contributed by atoms with Crippen LogP contribution in [0.15, 0.2) is 30.5 Å². The van der Waals surface area contributed by atoms with E-state index in [1.807, 2.05) is 16.6 Å². The maximum Gasteiger partial charge on any atom is 0.226 e. The highest BCUT2D eigenvalue weighted by molar-refractivity contribution is 5.93. The van der Waals surface area contributed by atoms with Crippen LogP contribution in [0, 0.1) is 0 Å². The van der Waals surface area contributed by atoms with Crippen molar-refractivity contribution >= 4 is 24.0 Å². The molecule has 6 heteroatoms. The van der Waals surface area contributed by atoms with E-state index in [-0.39, 0.29) is 18.3 Å². The molecular weight excluding hydrogens is 348 g/mol. The first-order valence-corrected chi connectivity index (χ1v) is 9.17. The minimum Gasteiger partial charge on any atom is -0.312 e. The highest BCUT2D eigenvalue weighted by Crippen LogP contribution is 2.21. The average Bonchev–Trinajstić information content (AvgIpc) is 2.97. The molecule has 2 heterocycles. The van der Waals surface area contributed by atoms with Crippen LogP contribution in [0.25, 0.3) is 0 Å². The molecule has 1 amide bonds. The molecule has 0 atom stereocenters. The summed E-state index contributed by atoms with van der Waals surface area (Å²) in [5, 5.41) is 8.05. The van der Waals surface area contributed by atoms with Crippen molar-refractivity contribution in [3.05, 3.63) is 47.3 Å². The first-order chi connectivity index (χ1) is 12.0. The van der Waals surface area contributed by atoms with Gasteiger partial charge in [-0.05, 0) is 36.5 Å². The number of amides is 1. The molecule has 1 N–H and O–H groups in total.